The first kappa shape index (κ1) is 18.9. The van der Waals surface area contributed by atoms with Gasteiger partial charge < -0.3 is 10.6 Å². The van der Waals surface area contributed by atoms with Crippen LogP contribution in [-0.4, -0.2) is 39.8 Å². The summed E-state index contributed by atoms with van der Waals surface area (Å²) in [6.45, 7) is 6.03. The number of fused-ring (bicyclic) bond motifs is 1. The van der Waals surface area contributed by atoms with Gasteiger partial charge in [-0.15, -0.1) is 0 Å². The molecule has 2 aliphatic rings. The van der Waals surface area contributed by atoms with Crippen LogP contribution in [0.3, 0.4) is 0 Å². The first-order valence-electron chi connectivity index (χ1n) is 9.47. The lowest BCUT2D eigenvalue weighted by molar-refractivity contribution is -0.136. The normalized spacial score (nSPS) is 26.7. The molecule has 1 aliphatic carbocycles. The maximum absolute atomic E-state index is 13.1. The van der Waals surface area contributed by atoms with Crippen molar-refractivity contribution in [1.29, 1.82) is 0 Å². The number of carbonyl (C=O) groups is 3. The number of hydrogen-bond acceptors (Lipinski definition) is 5. The van der Waals surface area contributed by atoms with Crippen LogP contribution in [0.2, 0.25) is 0 Å². The standard InChI is InChI=1S/C20H24N4O3S/c1-12-8-19(2,3)11-20(9-12)16(26)24(18(27)23-20)10-15(25)22-17-21-13-6-4-5-7-14(13)28-17/h4-7,12H,8-11H2,1-3H3,(H,23,27)(H,21,22,25)/t12-,20-/m0/s1. The zero-order chi connectivity index (χ0) is 20.1. The molecule has 2 atom stereocenters. The van der Waals surface area contributed by atoms with Crippen LogP contribution in [0.4, 0.5) is 9.93 Å². The van der Waals surface area contributed by atoms with Crippen LogP contribution >= 0.6 is 11.3 Å². The third-order valence-electron chi connectivity index (χ3n) is 5.47. The number of hydrogen-bond donors (Lipinski definition) is 2. The van der Waals surface area contributed by atoms with Gasteiger partial charge in [-0.1, -0.05) is 44.2 Å². The van der Waals surface area contributed by atoms with Crippen molar-refractivity contribution < 1.29 is 14.4 Å². The largest absolute Gasteiger partial charge is 0.325 e. The van der Waals surface area contributed by atoms with E-state index in [2.05, 4.69) is 36.4 Å². The minimum atomic E-state index is -0.894. The first-order valence-corrected chi connectivity index (χ1v) is 10.3. The summed E-state index contributed by atoms with van der Waals surface area (Å²) in [5.74, 6) is -0.399. The van der Waals surface area contributed by atoms with E-state index in [1.165, 1.54) is 11.3 Å². The van der Waals surface area contributed by atoms with Gasteiger partial charge in [0.05, 0.1) is 10.2 Å². The third-order valence-corrected chi connectivity index (χ3v) is 6.42. The zero-order valence-corrected chi connectivity index (χ0v) is 17.1. The summed E-state index contributed by atoms with van der Waals surface area (Å²) >= 11 is 1.36. The summed E-state index contributed by atoms with van der Waals surface area (Å²) in [6, 6.07) is 7.09. The second-order valence-corrected chi connectivity index (χ2v) is 9.82. The highest BCUT2D eigenvalue weighted by Gasteiger charge is 2.56. The van der Waals surface area contributed by atoms with Crippen molar-refractivity contribution in [3.05, 3.63) is 24.3 Å². The van der Waals surface area contributed by atoms with Crippen molar-refractivity contribution in [3.63, 3.8) is 0 Å². The molecule has 2 fully saturated rings. The van der Waals surface area contributed by atoms with Gasteiger partial charge in [-0.2, -0.15) is 0 Å². The number of anilines is 1. The van der Waals surface area contributed by atoms with E-state index in [4.69, 9.17) is 0 Å². The van der Waals surface area contributed by atoms with Crippen LogP contribution in [0.1, 0.15) is 40.0 Å². The fraction of sp³-hybridized carbons (Fsp3) is 0.500. The molecular formula is C20H24N4O3S. The average Bonchev–Trinajstić information content (AvgIpc) is 3.07. The second-order valence-electron chi connectivity index (χ2n) is 8.79. The SMILES string of the molecule is C[C@H]1CC(C)(C)C[C@]2(C1)NC(=O)N(CC(=O)Nc1nc3ccccc3s1)C2=O. The van der Waals surface area contributed by atoms with Crippen molar-refractivity contribution in [1.82, 2.24) is 15.2 Å². The third kappa shape index (κ3) is 3.37. The summed E-state index contributed by atoms with van der Waals surface area (Å²) in [4.78, 5) is 43.5. The van der Waals surface area contributed by atoms with Gasteiger partial charge in [0.25, 0.3) is 5.91 Å². The lowest BCUT2D eigenvalue weighted by atomic mass is 9.64. The van der Waals surface area contributed by atoms with Crippen molar-refractivity contribution in [3.8, 4) is 0 Å². The van der Waals surface area contributed by atoms with Crippen LogP contribution in [0.25, 0.3) is 10.2 Å². The highest BCUT2D eigenvalue weighted by molar-refractivity contribution is 7.22. The van der Waals surface area contributed by atoms with E-state index < -0.39 is 17.5 Å². The van der Waals surface area contributed by atoms with Gasteiger partial charge in [0.2, 0.25) is 5.91 Å². The first-order chi connectivity index (χ1) is 13.2. The summed E-state index contributed by atoms with van der Waals surface area (Å²) in [7, 11) is 0. The second kappa shape index (κ2) is 6.55. The molecule has 2 aromatic rings. The van der Waals surface area contributed by atoms with E-state index in [1.54, 1.807) is 0 Å². The van der Waals surface area contributed by atoms with E-state index in [-0.39, 0.29) is 17.9 Å². The van der Waals surface area contributed by atoms with Crippen LogP contribution in [0, 0.1) is 11.3 Å². The molecule has 1 aromatic carbocycles. The van der Waals surface area contributed by atoms with Gasteiger partial charge >= 0.3 is 6.03 Å². The van der Waals surface area contributed by atoms with Crippen molar-refractivity contribution >= 4 is 44.5 Å². The Kier molecular flexibility index (Phi) is 4.41. The average molecular weight is 401 g/mol. The van der Waals surface area contributed by atoms with E-state index in [9.17, 15) is 14.4 Å². The summed E-state index contributed by atoms with van der Waals surface area (Å²) in [5, 5.41) is 6.06. The number of imide groups is 1. The number of carbonyl (C=O) groups excluding carboxylic acids is 3. The predicted molar refractivity (Wildman–Crippen MR) is 108 cm³/mol. The molecule has 4 rings (SSSR count). The maximum Gasteiger partial charge on any atom is 0.325 e. The number of para-hydroxylation sites is 1. The van der Waals surface area contributed by atoms with Crippen LogP contribution < -0.4 is 10.6 Å². The van der Waals surface area contributed by atoms with E-state index in [1.807, 2.05) is 24.3 Å². The molecule has 1 aromatic heterocycles. The number of amides is 4. The molecular weight excluding hydrogens is 376 g/mol. The van der Waals surface area contributed by atoms with Crippen molar-refractivity contribution in [2.45, 2.75) is 45.6 Å². The number of benzene rings is 1. The van der Waals surface area contributed by atoms with Crippen LogP contribution in [-0.2, 0) is 9.59 Å². The number of urea groups is 1. The Labute approximate surface area is 167 Å². The molecule has 4 amide bonds. The zero-order valence-electron chi connectivity index (χ0n) is 16.2. The summed E-state index contributed by atoms with van der Waals surface area (Å²) in [5.41, 5.74) is -0.135. The van der Waals surface area contributed by atoms with Crippen LogP contribution in [0.15, 0.2) is 24.3 Å². The number of thiazole rings is 1. The van der Waals surface area contributed by atoms with Crippen LogP contribution in [0.5, 0.6) is 0 Å². The van der Waals surface area contributed by atoms with E-state index in [0.717, 1.165) is 21.5 Å². The van der Waals surface area contributed by atoms with Gasteiger partial charge in [-0.25, -0.2) is 9.78 Å². The van der Waals surface area contributed by atoms with Gasteiger partial charge in [-0.3, -0.25) is 14.5 Å². The van der Waals surface area contributed by atoms with Gasteiger partial charge in [0.15, 0.2) is 5.13 Å². The fourth-order valence-corrected chi connectivity index (χ4v) is 5.76. The highest BCUT2D eigenvalue weighted by atomic mass is 32.1. The molecule has 1 saturated carbocycles. The molecule has 2 N–H and O–H groups in total. The van der Waals surface area contributed by atoms with Gasteiger partial charge in [0, 0.05) is 0 Å². The molecule has 8 heteroatoms. The van der Waals surface area contributed by atoms with Crippen molar-refractivity contribution in [2.24, 2.45) is 11.3 Å². The molecule has 0 bridgehead atoms. The fourth-order valence-electron chi connectivity index (χ4n) is 4.88. The Morgan fingerprint density at radius 2 is 2.07 bits per heavy atom. The van der Waals surface area contributed by atoms with Gasteiger partial charge in [-0.05, 0) is 42.7 Å². The topological polar surface area (TPSA) is 91.4 Å². The predicted octanol–water partition coefficient (Wildman–Crippen LogP) is 3.37. The summed E-state index contributed by atoms with van der Waals surface area (Å²) < 4.78 is 0.963. The van der Waals surface area contributed by atoms with Gasteiger partial charge in [0.1, 0.15) is 12.1 Å². The molecule has 7 nitrogen and oxygen atoms in total. The van der Waals surface area contributed by atoms with Crippen molar-refractivity contribution in [2.75, 3.05) is 11.9 Å². The minimum Gasteiger partial charge on any atom is -0.323 e. The Hall–Kier alpha value is -2.48. The Morgan fingerprint density at radius 1 is 1.32 bits per heavy atom. The van der Waals surface area contributed by atoms with E-state index in [0.29, 0.717) is 23.9 Å². The lowest BCUT2D eigenvalue weighted by Gasteiger charge is -2.43. The molecule has 1 aliphatic heterocycles. The Bertz CT molecular complexity index is 936. The molecule has 148 valence electrons. The molecule has 1 saturated heterocycles. The molecule has 2 heterocycles. The quantitative estimate of drug-likeness (QED) is 0.773. The monoisotopic (exact) mass is 400 g/mol. The molecule has 1 spiro atoms. The number of aromatic nitrogens is 1. The Morgan fingerprint density at radius 3 is 2.79 bits per heavy atom. The Balaban J connectivity index is 1.47. The smallest absolute Gasteiger partial charge is 0.323 e. The summed E-state index contributed by atoms with van der Waals surface area (Å²) in [6.07, 6.45) is 2.21. The number of rotatable bonds is 3. The molecule has 0 radical (unpaired) electrons. The maximum atomic E-state index is 13.1. The lowest BCUT2D eigenvalue weighted by Crippen LogP contribution is -2.54. The number of nitrogens with one attached hydrogen (secondary N) is 2. The molecule has 28 heavy (non-hydrogen) atoms. The highest BCUT2D eigenvalue weighted by Crippen LogP contribution is 2.46. The number of nitrogens with zero attached hydrogens (tertiary/aromatic N) is 2. The minimum absolute atomic E-state index is 0.0418. The molecule has 0 unspecified atom stereocenters. The van der Waals surface area contributed by atoms with E-state index >= 15 is 0 Å².